The van der Waals surface area contributed by atoms with Crippen molar-refractivity contribution in [1.82, 2.24) is 9.88 Å². The minimum Gasteiger partial charge on any atom is -0.339 e. The smallest absolute Gasteiger partial charge is 0.257 e. The summed E-state index contributed by atoms with van der Waals surface area (Å²) in [6, 6.07) is 1.86. The highest BCUT2D eigenvalue weighted by Crippen LogP contribution is 2.20. The second-order valence-electron chi connectivity index (χ2n) is 4.59. The Hall–Kier alpha value is -1.14. The van der Waals surface area contributed by atoms with Gasteiger partial charge in [0.05, 0.1) is 5.56 Å². The molecular weight excluding hydrogens is 296 g/mol. The number of carbonyl (C=O) groups is 1. The number of hydrogen-bond donors (Lipinski definition) is 2. The van der Waals surface area contributed by atoms with E-state index >= 15 is 0 Å². The number of nitrogens with two attached hydrogens (primary N) is 1. The molecule has 1 aromatic heterocycles. The Balaban J connectivity index is 3.06. The van der Waals surface area contributed by atoms with Crippen molar-refractivity contribution in [3.05, 3.63) is 22.3 Å². The third-order valence-corrected chi connectivity index (χ3v) is 3.55. The van der Waals surface area contributed by atoms with Gasteiger partial charge in [-0.05, 0) is 34.8 Å². The van der Waals surface area contributed by atoms with E-state index in [-0.39, 0.29) is 11.9 Å². The van der Waals surface area contributed by atoms with Crippen molar-refractivity contribution in [2.75, 3.05) is 12.5 Å². The first-order chi connectivity index (χ1) is 8.38. The predicted octanol–water partition coefficient (Wildman–Crippen LogP) is 2.25. The number of halogens is 1. The van der Waals surface area contributed by atoms with Gasteiger partial charge in [-0.3, -0.25) is 4.79 Å². The van der Waals surface area contributed by atoms with Gasteiger partial charge >= 0.3 is 0 Å². The summed E-state index contributed by atoms with van der Waals surface area (Å²) in [6.07, 6.45) is 1.60. The van der Waals surface area contributed by atoms with Gasteiger partial charge in [0.15, 0.2) is 5.82 Å². The summed E-state index contributed by atoms with van der Waals surface area (Å²) in [5, 5.41) is 0. The average molecular weight is 315 g/mol. The number of aromatic nitrogens is 1. The quantitative estimate of drug-likeness (QED) is 0.660. The van der Waals surface area contributed by atoms with E-state index in [2.05, 4.69) is 40.2 Å². The first kappa shape index (κ1) is 14.9. The number of nitrogen functional groups attached to an aromatic ring is 1. The molecule has 18 heavy (non-hydrogen) atoms. The Bertz CT molecular complexity index is 436. The number of hydrogen-bond acceptors (Lipinski definition) is 4. The van der Waals surface area contributed by atoms with Crippen molar-refractivity contribution < 1.29 is 4.79 Å². The summed E-state index contributed by atoms with van der Waals surface area (Å²) in [5.74, 6) is 6.04. The van der Waals surface area contributed by atoms with Gasteiger partial charge in [-0.2, -0.15) is 0 Å². The highest BCUT2D eigenvalue weighted by atomic mass is 79.9. The largest absolute Gasteiger partial charge is 0.339 e. The molecule has 0 radical (unpaired) electrons. The third kappa shape index (κ3) is 3.20. The molecule has 100 valence electrons. The number of carbonyl (C=O) groups excluding carboxylic acids is 1. The number of hydrazine groups is 1. The summed E-state index contributed by atoms with van der Waals surface area (Å²) < 4.78 is 0.746. The Morgan fingerprint density at radius 2 is 2.11 bits per heavy atom. The van der Waals surface area contributed by atoms with E-state index in [1.165, 1.54) is 0 Å². The number of nitrogens with one attached hydrogen (secondary N) is 1. The molecule has 0 aliphatic rings. The molecule has 0 saturated heterocycles. The second-order valence-corrected chi connectivity index (χ2v) is 5.51. The van der Waals surface area contributed by atoms with Crippen molar-refractivity contribution >= 4 is 27.7 Å². The van der Waals surface area contributed by atoms with Crippen molar-refractivity contribution in [3.63, 3.8) is 0 Å². The summed E-state index contributed by atoms with van der Waals surface area (Å²) in [5.41, 5.74) is 2.91. The summed E-state index contributed by atoms with van der Waals surface area (Å²) in [6.45, 7) is 6.18. The molecule has 0 bridgehead atoms. The van der Waals surface area contributed by atoms with Gasteiger partial charge in [0.2, 0.25) is 0 Å². The molecule has 1 rings (SSSR count). The summed E-state index contributed by atoms with van der Waals surface area (Å²) in [7, 11) is 1.79. The predicted molar refractivity (Wildman–Crippen MR) is 76.1 cm³/mol. The molecule has 1 unspecified atom stereocenters. The molecule has 0 spiro atoms. The molecule has 1 atom stereocenters. The fourth-order valence-corrected chi connectivity index (χ4v) is 1.87. The SMILES string of the molecule is CC(C)C(C)N(C)C(=O)c1cc(Br)cnc1NN. The van der Waals surface area contributed by atoms with Crippen LogP contribution in [0, 0.1) is 5.92 Å². The Morgan fingerprint density at radius 3 is 2.61 bits per heavy atom. The van der Waals surface area contributed by atoms with Crippen LogP contribution in [0.1, 0.15) is 31.1 Å². The van der Waals surface area contributed by atoms with E-state index in [0.29, 0.717) is 17.3 Å². The lowest BCUT2D eigenvalue weighted by atomic mass is 10.0. The van der Waals surface area contributed by atoms with Crippen LogP contribution in [0.2, 0.25) is 0 Å². The highest BCUT2D eigenvalue weighted by Gasteiger charge is 2.22. The number of nitrogens with zero attached hydrogens (tertiary/aromatic N) is 2. The molecule has 1 aromatic rings. The van der Waals surface area contributed by atoms with E-state index in [9.17, 15) is 4.79 Å². The average Bonchev–Trinajstić information content (AvgIpc) is 2.35. The molecule has 0 aliphatic heterocycles. The van der Waals surface area contributed by atoms with E-state index in [1.54, 1.807) is 24.2 Å². The van der Waals surface area contributed by atoms with Gasteiger partial charge in [-0.15, -0.1) is 0 Å². The number of amides is 1. The number of pyridine rings is 1. The molecule has 1 heterocycles. The zero-order valence-electron chi connectivity index (χ0n) is 11.1. The molecule has 0 saturated carbocycles. The fraction of sp³-hybridized carbons (Fsp3) is 0.500. The van der Waals surface area contributed by atoms with Crippen LogP contribution in [-0.4, -0.2) is 28.9 Å². The van der Waals surface area contributed by atoms with Crippen LogP contribution >= 0.6 is 15.9 Å². The van der Waals surface area contributed by atoms with Crippen molar-refractivity contribution in [2.45, 2.75) is 26.8 Å². The van der Waals surface area contributed by atoms with Crippen LogP contribution in [0.25, 0.3) is 0 Å². The highest BCUT2D eigenvalue weighted by molar-refractivity contribution is 9.10. The van der Waals surface area contributed by atoms with Gasteiger partial charge in [-0.25, -0.2) is 10.8 Å². The Kier molecular flexibility index (Phi) is 5.10. The van der Waals surface area contributed by atoms with Crippen LogP contribution in [0.5, 0.6) is 0 Å². The van der Waals surface area contributed by atoms with Gasteiger partial charge in [0.1, 0.15) is 0 Å². The van der Waals surface area contributed by atoms with Crippen molar-refractivity contribution in [2.24, 2.45) is 11.8 Å². The molecule has 0 fully saturated rings. The van der Waals surface area contributed by atoms with Gasteiger partial charge < -0.3 is 10.3 Å². The van der Waals surface area contributed by atoms with Crippen LogP contribution in [0.3, 0.4) is 0 Å². The minimum absolute atomic E-state index is 0.0991. The molecule has 0 aromatic carbocycles. The summed E-state index contributed by atoms with van der Waals surface area (Å²) in [4.78, 5) is 18.2. The zero-order chi connectivity index (χ0) is 13.9. The molecular formula is C12H19BrN4O. The maximum atomic E-state index is 12.4. The first-order valence-corrected chi connectivity index (χ1v) is 6.57. The normalized spacial score (nSPS) is 12.4. The Morgan fingerprint density at radius 1 is 1.50 bits per heavy atom. The third-order valence-electron chi connectivity index (χ3n) is 3.12. The maximum Gasteiger partial charge on any atom is 0.257 e. The lowest BCUT2D eigenvalue weighted by Crippen LogP contribution is -2.38. The minimum atomic E-state index is -0.0991. The van der Waals surface area contributed by atoms with E-state index in [1.807, 2.05) is 6.92 Å². The lowest BCUT2D eigenvalue weighted by molar-refractivity contribution is 0.0707. The molecule has 6 heteroatoms. The molecule has 5 nitrogen and oxygen atoms in total. The second kappa shape index (κ2) is 6.15. The van der Waals surface area contributed by atoms with E-state index in [4.69, 9.17) is 5.84 Å². The zero-order valence-corrected chi connectivity index (χ0v) is 12.7. The maximum absolute atomic E-state index is 12.4. The number of anilines is 1. The molecule has 3 N–H and O–H groups in total. The monoisotopic (exact) mass is 314 g/mol. The standard InChI is InChI=1S/C12H19BrN4O/c1-7(2)8(3)17(4)12(18)10-5-9(13)6-15-11(10)16-14/h5-8H,14H2,1-4H3,(H,15,16). The van der Waals surface area contributed by atoms with Crippen LogP contribution in [0.4, 0.5) is 5.82 Å². The molecule has 1 amide bonds. The van der Waals surface area contributed by atoms with Crippen LogP contribution < -0.4 is 11.3 Å². The van der Waals surface area contributed by atoms with Crippen LogP contribution in [-0.2, 0) is 0 Å². The van der Waals surface area contributed by atoms with Gasteiger partial charge in [0, 0.05) is 23.8 Å². The Labute approximate surface area is 116 Å². The fourth-order valence-electron chi connectivity index (χ4n) is 1.54. The van der Waals surface area contributed by atoms with Crippen molar-refractivity contribution in [1.29, 1.82) is 0 Å². The molecule has 0 aliphatic carbocycles. The van der Waals surface area contributed by atoms with E-state index in [0.717, 1.165) is 4.47 Å². The van der Waals surface area contributed by atoms with Gasteiger partial charge in [-0.1, -0.05) is 13.8 Å². The lowest BCUT2D eigenvalue weighted by Gasteiger charge is -2.28. The van der Waals surface area contributed by atoms with Gasteiger partial charge in [0.25, 0.3) is 5.91 Å². The number of rotatable bonds is 4. The van der Waals surface area contributed by atoms with Crippen LogP contribution in [0.15, 0.2) is 16.7 Å². The first-order valence-electron chi connectivity index (χ1n) is 5.77. The van der Waals surface area contributed by atoms with Crippen molar-refractivity contribution in [3.8, 4) is 0 Å². The topological polar surface area (TPSA) is 71.2 Å². The van der Waals surface area contributed by atoms with E-state index < -0.39 is 0 Å². The summed E-state index contributed by atoms with van der Waals surface area (Å²) >= 11 is 3.31.